The van der Waals surface area contributed by atoms with Gasteiger partial charge in [-0.25, -0.2) is 8.78 Å². The number of furan rings is 1. The zero-order chi connectivity index (χ0) is 26.9. The number of carbonyl (C=O) groups is 3. The summed E-state index contributed by atoms with van der Waals surface area (Å²) in [6.07, 6.45) is 1.96. The van der Waals surface area contributed by atoms with Crippen molar-refractivity contribution >= 4 is 17.7 Å². The molecule has 10 heteroatoms. The van der Waals surface area contributed by atoms with Crippen LogP contribution in [0.3, 0.4) is 0 Å². The van der Waals surface area contributed by atoms with Gasteiger partial charge in [-0.1, -0.05) is 17.7 Å². The molecule has 1 N–H and O–H groups in total. The van der Waals surface area contributed by atoms with Gasteiger partial charge in [0.05, 0.1) is 25.0 Å². The summed E-state index contributed by atoms with van der Waals surface area (Å²) in [5.41, 5.74) is -0.0280. The number of amides is 3. The van der Waals surface area contributed by atoms with Crippen LogP contribution in [0.5, 0.6) is 0 Å². The van der Waals surface area contributed by atoms with Crippen molar-refractivity contribution in [2.45, 2.75) is 38.1 Å². The number of hydrogen-bond acceptors (Lipinski definition) is 5. The summed E-state index contributed by atoms with van der Waals surface area (Å²) in [6.45, 7) is 2.34. The van der Waals surface area contributed by atoms with E-state index >= 15 is 0 Å². The fourth-order valence-electron chi connectivity index (χ4n) is 5.08. The number of ether oxygens (including phenoxy) is 1. The average Bonchev–Trinajstić information content (AvgIpc) is 3.55. The topological polar surface area (TPSA) is 92.1 Å². The molecule has 3 aromatic rings. The molecule has 0 saturated carbocycles. The minimum Gasteiger partial charge on any atom is -0.467 e. The predicted molar refractivity (Wildman–Crippen MR) is 132 cm³/mol. The highest BCUT2D eigenvalue weighted by Gasteiger charge is 2.54. The number of aryl methyl sites for hydroxylation is 1. The number of nitrogens with one attached hydrogen (secondary N) is 1. The second-order valence-corrected chi connectivity index (χ2v) is 9.53. The molecule has 1 atom stereocenters. The van der Waals surface area contributed by atoms with Crippen molar-refractivity contribution in [2.75, 3.05) is 19.7 Å². The van der Waals surface area contributed by atoms with Gasteiger partial charge in [-0.3, -0.25) is 19.3 Å². The lowest BCUT2D eigenvalue weighted by Gasteiger charge is -2.44. The van der Waals surface area contributed by atoms with Crippen LogP contribution in [0.4, 0.5) is 8.78 Å². The molecule has 1 aromatic heterocycles. The highest BCUT2D eigenvalue weighted by Crippen LogP contribution is 2.39. The Balaban J connectivity index is 1.37. The van der Waals surface area contributed by atoms with Crippen molar-refractivity contribution in [3.8, 4) is 0 Å². The molecule has 2 aliphatic heterocycles. The predicted octanol–water partition coefficient (Wildman–Crippen LogP) is 3.66. The monoisotopic (exact) mass is 523 g/mol. The molecule has 198 valence electrons. The van der Waals surface area contributed by atoms with Gasteiger partial charge < -0.3 is 19.4 Å². The summed E-state index contributed by atoms with van der Waals surface area (Å²) in [7, 11) is 0. The molecule has 8 nitrogen and oxygen atoms in total. The molecule has 0 bridgehead atoms. The van der Waals surface area contributed by atoms with E-state index < -0.39 is 29.3 Å². The standard InChI is InChI=1S/C28H27F2N3O5/c1-18-4-2-5-19(14-18)26(35)33-24(25(34)31-16-21-6-3-13-37-21)17-38-28(33)9-11-32(12-10-28)27(36)22-8-7-20(29)15-23(22)30/h2-8,13-15,24H,9-12,16-17H2,1H3,(H,31,34)/t24-/m0/s1. The number of rotatable bonds is 5. The maximum Gasteiger partial charge on any atom is 0.256 e. The number of hydrogen-bond donors (Lipinski definition) is 1. The van der Waals surface area contributed by atoms with E-state index in [-0.39, 0.29) is 56.5 Å². The van der Waals surface area contributed by atoms with Crippen molar-refractivity contribution in [1.82, 2.24) is 15.1 Å². The van der Waals surface area contributed by atoms with Gasteiger partial charge in [0.1, 0.15) is 29.2 Å². The van der Waals surface area contributed by atoms with Crippen LogP contribution in [0, 0.1) is 18.6 Å². The molecule has 5 rings (SSSR count). The van der Waals surface area contributed by atoms with Crippen LogP contribution in [0.2, 0.25) is 0 Å². The largest absolute Gasteiger partial charge is 0.467 e. The van der Waals surface area contributed by atoms with Gasteiger partial charge in [0.15, 0.2) is 0 Å². The lowest BCUT2D eigenvalue weighted by Crippen LogP contribution is -2.59. The first-order chi connectivity index (χ1) is 18.3. The van der Waals surface area contributed by atoms with Gasteiger partial charge in [-0.15, -0.1) is 0 Å². The van der Waals surface area contributed by atoms with Gasteiger partial charge in [0, 0.05) is 37.6 Å². The third-order valence-electron chi connectivity index (χ3n) is 7.06. The van der Waals surface area contributed by atoms with E-state index in [0.717, 1.165) is 17.7 Å². The highest BCUT2D eigenvalue weighted by atomic mass is 19.1. The van der Waals surface area contributed by atoms with Crippen molar-refractivity contribution in [1.29, 1.82) is 0 Å². The van der Waals surface area contributed by atoms with Crippen LogP contribution in [0.1, 0.15) is 44.9 Å². The molecule has 2 fully saturated rings. The van der Waals surface area contributed by atoms with Gasteiger partial charge in [-0.2, -0.15) is 0 Å². The lowest BCUT2D eigenvalue weighted by molar-refractivity contribution is -0.128. The zero-order valence-electron chi connectivity index (χ0n) is 20.8. The van der Waals surface area contributed by atoms with E-state index in [0.29, 0.717) is 17.4 Å². The normalized spacial score (nSPS) is 18.6. The fourth-order valence-corrected chi connectivity index (χ4v) is 5.08. The fraction of sp³-hybridized carbons (Fsp3) is 0.321. The molecule has 38 heavy (non-hydrogen) atoms. The van der Waals surface area contributed by atoms with Crippen LogP contribution in [0.25, 0.3) is 0 Å². The molecule has 2 aliphatic rings. The zero-order valence-corrected chi connectivity index (χ0v) is 20.8. The number of likely N-dealkylation sites (tertiary alicyclic amines) is 1. The lowest BCUT2D eigenvalue weighted by atomic mass is 9.95. The van der Waals surface area contributed by atoms with E-state index in [2.05, 4.69) is 5.32 Å². The molecule has 0 unspecified atom stereocenters. The Hall–Kier alpha value is -4.05. The summed E-state index contributed by atoms with van der Waals surface area (Å²) in [4.78, 5) is 42.9. The SMILES string of the molecule is Cc1cccc(C(=O)N2[C@H](C(=O)NCc3ccco3)COC23CCN(C(=O)c2ccc(F)cc2F)CC3)c1. The summed E-state index contributed by atoms with van der Waals surface area (Å²) < 4.78 is 39.0. The Morgan fingerprint density at radius 3 is 2.50 bits per heavy atom. The first kappa shape index (κ1) is 25.6. The number of benzene rings is 2. The number of halogens is 2. The minimum atomic E-state index is -1.12. The minimum absolute atomic E-state index is 0.0118. The smallest absolute Gasteiger partial charge is 0.256 e. The van der Waals surface area contributed by atoms with Crippen LogP contribution >= 0.6 is 0 Å². The Kier molecular flexibility index (Phi) is 6.98. The molecule has 0 radical (unpaired) electrons. The number of nitrogens with zero attached hydrogens (tertiary/aromatic N) is 2. The van der Waals surface area contributed by atoms with Crippen LogP contribution in [-0.2, 0) is 16.1 Å². The van der Waals surface area contributed by atoms with E-state index in [1.807, 2.05) is 13.0 Å². The highest BCUT2D eigenvalue weighted by molar-refractivity contribution is 5.99. The molecular formula is C28H27F2N3O5. The Morgan fingerprint density at radius 2 is 1.82 bits per heavy atom. The summed E-state index contributed by atoms with van der Waals surface area (Å²) in [5.74, 6) is -2.43. The molecular weight excluding hydrogens is 496 g/mol. The van der Waals surface area contributed by atoms with Gasteiger partial charge in [-0.05, 0) is 43.3 Å². The van der Waals surface area contributed by atoms with E-state index in [1.54, 1.807) is 30.3 Å². The molecule has 3 heterocycles. The van der Waals surface area contributed by atoms with Gasteiger partial charge >= 0.3 is 0 Å². The Labute approximate surface area is 218 Å². The second-order valence-electron chi connectivity index (χ2n) is 9.53. The third-order valence-corrected chi connectivity index (χ3v) is 7.06. The maximum absolute atomic E-state index is 14.2. The van der Waals surface area contributed by atoms with Crippen molar-refractivity contribution in [3.05, 3.63) is 94.9 Å². The first-order valence-electron chi connectivity index (χ1n) is 12.4. The molecule has 2 saturated heterocycles. The van der Waals surface area contributed by atoms with Crippen molar-refractivity contribution in [3.63, 3.8) is 0 Å². The van der Waals surface area contributed by atoms with Crippen molar-refractivity contribution < 1.29 is 32.3 Å². The summed E-state index contributed by atoms with van der Waals surface area (Å²) in [6, 6.07) is 12.5. The van der Waals surface area contributed by atoms with Crippen LogP contribution < -0.4 is 5.32 Å². The average molecular weight is 524 g/mol. The quantitative estimate of drug-likeness (QED) is 0.551. The molecule has 1 spiro atoms. The molecule has 3 amide bonds. The van der Waals surface area contributed by atoms with E-state index in [1.165, 1.54) is 16.1 Å². The summed E-state index contributed by atoms with van der Waals surface area (Å²) >= 11 is 0. The molecule has 2 aromatic carbocycles. The van der Waals surface area contributed by atoms with Crippen molar-refractivity contribution in [2.24, 2.45) is 0 Å². The van der Waals surface area contributed by atoms with E-state index in [4.69, 9.17) is 9.15 Å². The Bertz CT molecular complexity index is 1350. The number of carbonyl (C=O) groups excluding carboxylic acids is 3. The van der Waals surface area contributed by atoms with Gasteiger partial charge in [0.2, 0.25) is 5.91 Å². The first-order valence-corrected chi connectivity index (χ1v) is 12.4. The van der Waals surface area contributed by atoms with E-state index in [9.17, 15) is 23.2 Å². The maximum atomic E-state index is 14.2. The molecule has 0 aliphatic carbocycles. The Morgan fingerprint density at radius 1 is 1.03 bits per heavy atom. The van der Waals surface area contributed by atoms with Gasteiger partial charge in [0.25, 0.3) is 11.8 Å². The van der Waals surface area contributed by atoms with Crippen LogP contribution in [-0.4, -0.2) is 59.0 Å². The third kappa shape index (κ3) is 4.91. The second kappa shape index (κ2) is 10.4. The number of piperidine rings is 1. The summed E-state index contributed by atoms with van der Waals surface area (Å²) in [5, 5.41) is 2.81. The van der Waals surface area contributed by atoms with Crippen LogP contribution in [0.15, 0.2) is 65.3 Å².